The zero-order chi connectivity index (χ0) is 16.8. The van der Waals surface area contributed by atoms with Crippen molar-refractivity contribution in [3.05, 3.63) is 29.8 Å². The van der Waals surface area contributed by atoms with Crippen LogP contribution in [0.1, 0.15) is 12.0 Å². The fourth-order valence-corrected chi connectivity index (χ4v) is 3.18. The fourth-order valence-electron chi connectivity index (χ4n) is 3.18. The van der Waals surface area contributed by atoms with Crippen LogP contribution in [0.4, 0.5) is 0 Å². The smallest absolute Gasteiger partial charge is 0.236 e. The van der Waals surface area contributed by atoms with Crippen molar-refractivity contribution in [3.8, 4) is 5.75 Å². The van der Waals surface area contributed by atoms with Gasteiger partial charge >= 0.3 is 0 Å². The Morgan fingerprint density at radius 1 is 1.29 bits per heavy atom. The van der Waals surface area contributed by atoms with Crippen LogP contribution in [0.5, 0.6) is 5.75 Å². The molecule has 0 spiro atoms. The predicted molar refractivity (Wildman–Crippen MR) is 90.0 cm³/mol. The van der Waals surface area contributed by atoms with Gasteiger partial charge in [0.2, 0.25) is 5.91 Å². The van der Waals surface area contributed by atoms with E-state index in [1.165, 1.54) is 0 Å². The first-order valence-corrected chi connectivity index (χ1v) is 8.57. The summed E-state index contributed by atoms with van der Waals surface area (Å²) in [4.78, 5) is 16.7. The van der Waals surface area contributed by atoms with E-state index in [2.05, 4.69) is 11.0 Å². The van der Waals surface area contributed by atoms with Crippen LogP contribution in [0.3, 0.4) is 0 Å². The molecule has 2 aliphatic heterocycles. The summed E-state index contributed by atoms with van der Waals surface area (Å²) in [6.45, 7) is 5.14. The summed E-state index contributed by atoms with van der Waals surface area (Å²) in [5.74, 6) is 1.10. The highest BCUT2D eigenvalue weighted by atomic mass is 16.5. The molecule has 0 N–H and O–H groups in total. The number of rotatable bonds is 5. The molecule has 0 radical (unpaired) electrons. The van der Waals surface area contributed by atoms with E-state index in [1.54, 1.807) is 7.11 Å². The highest BCUT2D eigenvalue weighted by Gasteiger charge is 2.26. The molecule has 1 atom stereocenters. The number of morpholine rings is 1. The Morgan fingerprint density at radius 3 is 3.04 bits per heavy atom. The summed E-state index contributed by atoms with van der Waals surface area (Å²) >= 11 is 0. The molecule has 2 aliphatic rings. The monoisotopic (exact) mass is 334 g/mol. The standard InChI is InChI=1S/C18H26N2O4/c1-22-9-6-16-13-20(8-11-23-16)18(21)14-19-7-10-24-17-5-3-2-4-15(17)12-19/h2-5,16H,6-14H2,1H3/t16-/m1/s1. The molecular formula is C18H26N2O4. The number of fused-ring (bicyclic) bond motifs is 1. The van der Waals surface area contributed by atoms with Crippen LogP contribution in [-0.4, -0.2) is 74.9 Å². The largest absolute Gasteiger partial charge is 0.492 e. The molecule has 0 aliphatic carbocycles. The second-order valence-electron chi connectivity index (χ2n) is 6.28. The van der Waals surface area contributed by atoms with E-state index in [0.29, 0.717) is 39.5 Å². The molecule has 6 nitrogen and oxygen atoms in total. The van der Waals surface area contributed by atoms with E-state index in [0.717, 1.165) is 30.8 Å². The van der Waals surface area contributed by atoms with Crippen LogP contribution < -0.4 is 4.74 Å². The Kier molecular flexibility index (Phi) is 6.07. The van der Waals surface area contributed by atoms with E-state index in [-0.39, 0.29) is 12.0 Å². The maximum absolute atomic E-state index is 12.7. The van der Waals surface area contributed by atoms with Crippen molar-refractivity contribution in [2.45, 2.75) is 19.1 Å². The molecule has 1 aromatic rings. The summed E-state index contributed by atoms with van der Waals surface area (Å²) in [7, 11) is 1.69. The van der Waals surface area contributed by atoms with Gasteiger partial charge in [-0.05, 0) is 12.5 Å². The zero-order valence-electron chi connectivity index (χ0n) is 14.3. The molecule has 132 valence electrons. The molecule has 1 saturated heterocycles. The van der Waals surface area contributed by atoms with Crippen LogP contribution in [0.2, 0.25) is 0 Å². The molecule has 24 heavy (non-hydrogen) atoms. The summed E-state index contributed by atoms with van der Waals surface area (Å²) in [6, 6.07) is 8.04. The van der Waals surface area contributed by atoms with Crippen molar-refractivity contribution in [2.24, 2.45) is 0 Å². The fraction of sp³-hybridized carbons (Fsp3) is 0.611. The Balaban J connectivity index is 1.54. The van der Waals surface area contributed by atoms with Gasteiger partial charge < -0.3 is 19.1 Å². The van der Waals surface area contributed by atoms with E-state index >= 15 is 0 Å². The van der Waals surface area contributed by atoms with Gasteiger partial charge in [0.25, 0.3) is 0 Å². The number of hydrogen-bond acceptors (Lipinski definition) is 5. The van der Waals surface area contributed by atoms with Gasteiger partial charge in [-0.1, -0.05) is 18.2 Å². The van der Waals surface area contributed by atoms with E-state index in [1.807, 2.05) is 23.1 Å². The average Bonchev–Trinajstić information content (AvgIpc) is 2.81. The number of nitrogens with zero attached hydrogens (tertiary/aromatic N) is 2. The summed E-state index contributed by atoms with van der Waals surface area (Å²) in [6.07, 6.45) is 0.904. The normalized spacial score (nSPS) is 21.7. The third-order valence-electron chi connectivity index (χ3n) is 4.53. The maximum Gasteiger partial charge on any atom is 0.236 e. The molecule has 6 heteroatoms. The van der Waals surface area contributed by atoms with Gasteiger partial charge in [-0.3, -0.25) is 9.69 Å². The molecule has 0 saturated carbocycles. The third-order valence-corrected chi connectivity index (χ3v) is 4.53. The Hall–Kier alpha value is -1.63. The molecule has 0 bridgehead atoms. The Morgan fingerprint density at radius 2 is 2.17 bits per heavy atom. The minimum Gasteiger partial charge on any atom is -0.492 e. The molecule has 3 rings (SSSR count). The highest BCUT2D eigenvalue weighted by Crippen LogP contribution is 2.22. The minimum absolute atomic E-state index is 0.0795. The van der Waals surface area contributed by atoms with Crippen molar-refractivity contribution >= 4 is 5.91 Å². The first-order valence-electron chi connectivity index (χ1n) is 8.57. The molecule has 2 heterocycles. The van der Waals surface area contributed by atoms with Crippen molar-refractivity contribution in [1.82, 2.24) is 9.80 Å². The number of methoxy groups -OCH3 is 1. The molecular weight excluding hydrogens is 308 g/mol. The van der Waals surface area contributed by atoms with E-state index in [9.17, 15) is 4.79 Å². The lowest BCUT2D eigenvalue weighted by Crippen LogP contribution is -2.49. The van der Waals surface area contributed by atoms with Crippen LogP contribution in [0.25, 0.3) is 0 Å². The number of benzene rings is 1. The number of carbonyl (C=O) groups excluding carboxylic acids is 1. The van der Waals surface area contributed by atoms with E-state index in [4.69, 9.17) is 14.2 Å². The molecule has 1 aromatic carbocycles. The SMILES string of the molecule is COCC[C@@H]1CN(C(=O)CN2CCOc3ccccc3C2)CCO1. The zero-order valence-corrected chi connectivity index (χ0v) is 14.3. The van der Waals surface area contributed by atoms with Gasteiger partial charge in [-0.25, -0.2) is 0 Å². The Labute approximate surface area is 143 Å². The quantitative estimate of drug-likeness (QED) is 0.808. The Bertz CT molecular complexity index is 552. The van der Waals surface area contributed by atoms with Gasteiger partial charge in [0, 0.05) is 45.5 Å². The van der Waals surface area contributed by atoms with Crippen molar-refractivity contribution in [2.75, 3.05) is 53.1 Å². The van der Waals surface area contributed by atoms with Gasteiger partial charge in [-0.2, -0.15) is 0 Å². The third kappa shape index (κ3) is 4.47. The lowest BCUT2D eigenvalue weighted by Gasteiger charge is -2.34. The van der Waals surface area contributed by atoms with Crippen LogP contribution >= 0.6 is 0 Å². The summed E-state index contributed by atoms with van der Waals surface area (Å²) in [5, 5.41) is 0. The first kappa shape index (κ1) is 17.2. The van der Waals surface area contributed by atoms with Crippen LogP contribution in [-0.2, 0) is 20.8 Å². The molecule has 0 aromatic heterocycles. The van der Waals surface area contributed by atoms with Gasteiger partial charge in [0.15, 0.2) is 0 Å². The number of para-hydroxylation sites is 1. The van der Waals surface area contributed by atoms with Crippen LogP contribution in [0.15, 0.2) is 24.3 Å². The molecule has 1 amide bonds. The van der Waals surface area contributed by atoms with Gasteiger partial charge in [0.1, 0.15) is 12.4 Å². The van der Waals surface area contributed by atoms with E-state index < -0.39 is 0 Å². The van der Waals surface area contributed by atoms with Gasteiger partial charge in [-0.15, -0.1) is 0 Å². The first-order chi connectivity index (χ1) is 11.8. The number of ether oxygens (including phenoxy) is 3. The van der Waals surface area contributed by atoms with Crippen molar-refractivity contribution in [1.29, 1.82) is 0 Å². The minimum atomic E-state index is 0.0795. The number of carbonyl (C=O) groups is 1. The highest BCUT2D eigenvalue weighted by molar-refractivity contribution is 5.78. The lowest BCUT2D eigenvalue weighted by molar-refractivity contribution is -0.140. The number of amides is 1. The molecule has 0 unspecified atom stereocenters. The van der Waals surface area contributed by atoms with Gasteiger partial charge in [0.05, 0.1) is 19.3 Å². The van der Waals surface area contributed by atoms with Crippen LogP contribution in [0, 0.1) is 0 Å². The second-order valence-corrected chi connectivity index (χ2v) is 6.28. The average molecular weight is 334 g/mol. The predicted octanol–water partition coefficient (Wildman–Crippen LogP) is 1.14. The molecule has 1 fully saturated rings. The topological polar surface area (TPSA) is 51.2 Å². The lowest BCUT2D eigenvalue weighted by atomic mass is 10.2. The summed E-state index contributed by atoms with van der Waals surface area (Å²) in [5.41, 5.74) is 1.14. The maximum atomic E-state index is 12.7. The number of hydrogen-bond donors (Lipinski definition) is 0. The van der Waals surface area contributed by atoms with Crippen molar-refractivity contribution < 1.29 is 19.0 Å². The second kappa shape index (κ2) is 8.46. The summed E-state index contributed by atoms with van der Waals surface area (Å²) < 4.78 is 16.6. The van der Waals surface area contributed by atoms with Crippen molar-refractivity contribution in [3.63, 3.8) is 0 Å².